The molecule has 0 saturated heterocycles. The fourth-order valence-electron chi connectivity index (χ4n) is 9.09. The number of rotatable bonds is 3. The Hall–Kier alpha value is -7.09. The van der Waals surface area contributed by atoms with Crippen molar-refractivity contribution >= 4 is 54.5 Å². The van der Waals surface area contributed by atoms with Crippen LogP contribution < -0.4 is 0 Å². The summed E-state index contributed by atoms with van der Waals surface area (Å²) in [5.41, 5.74) is 15.8. The molecule has 0 atom stereocenters. The van der Waals surface area contributed by atoms with Gasteiger partial charge in [0.2, 0.25) is 0 Å². The standard InChI is InChI=1S/C55H37N/c1-35-46-28-27-40(32-50(46)47-19-9-5-15-41(47)31-44-18-8-12-22-53(44)56-35)38-23-24-39-30-45(26-25-37(39)29-38)55-49-21-11-7-17-43(49)33-51-52(55)34-42-16-6-10-20-48(42)54(51)36-13-3-2-4-14-36/h2-30,32-34H,31H2,1H3/b56-35+. The van der Waals surface area contributed by atoms with Crippen molar-refractivity contribution in [2.75, 3.05) is 0 Å². The number of benzene rings is 10. The highest BCUT2D eigenvalue weighted by atomic mass is 14.7. The molecule has 0 unspecified atom stereocenters. The third kappa shape index (κ3) is 5.35. The van der Waals surface area contributed by atoms with Gasteiger partial charge in [0.15, 0.2) is 0 Å². The van der Waals surface area contributed by atoms with E-state index in [-0.39, 0.29) is 0 Å². The maximum absolute atomic E-state index is 5.15. The number of hydrogen-bond acceptors (Lipinski definition) is 1. The predicted octanol–water partition coefficient (Wildman–Crippen LogP) is 15.0. The van der Waals surface area contributed by atoms with Gasteiger partial charge in [-0.05, 0) is 142 Å². The molecule has 0 radical (unpaired) electrons. The van der Waals surface area contributed by atoms with Crippen LogP contribution in [0.15, 0.2) is 199 Å². The quantitative estimate of drug-likeness (QED) is 0.162. The predicted molar refractivity (Wildman–Crippen MR) is 239 cm³/mol. The molecule has 0 fully saturated rings. The smallest absolute Gasteiger partial charge is 0.0668 e. The normalized spacial score (nSPS) is 13.3. The van der Waals surface area contributed by atoms with Crippen molar-refractivity contribution in [3.05, 3.63) is 211 Å². The zero-order valence-electron chi connectivity index (χ0n) is 31.1. The Labute approximate surface area is 326 Å². The molecule has 0 amide bonds. The van der Waals surface area contributed by atoms with Crippen molar-refractivity contribution < 1.29 is 0 Å². The highest BCUT2D eigenvalue weighted by Gasteiger charge is 2.19. The fraction of sp³-hybridized carbons (Fsp3) is 0.0364. The minimum absolute atomic E-state index is 0.848. The zero-order chi connectivity index (χ0) is 37.2. The highest BCUT2D eigenvalue weighted by Crippen LogP contribution is 2.45. The average Bonchev–Trinajstić information content (AvgIpc) is 3.30. The first-order valence-electron chi connectivity index (χ1n) is 19.5. The van der Waals surface area contributed by atoms with Gasteiger partial charge >= 0.3 is 0 Å². The van der Waals surface area contributed by atoms with Crippen molar-refractivity contribution in [1.82, 2.24) is 0 Å². The Bertz CT molecular complexity index is 3220. The monoisotopic (exact) mass is 711 g/mol. The summed E-state index contributed by atoms with van der Waals surface area (Å²) in [6.45, 7) is 2.14. The van der Waals surface area contributed by atoms with Crippen LogP contribution in [0.5, 0.6) is 0 Å². The van der Waals surface area contributed by atoms with E-state index in [0.29, 0.717) is 0 Å². The van der Waals surface area contributed by atoms with E-state index in [4.69, 9.17) is 4.99 Å². The van der Waals surface area contributed by atoms with Gasteiger partial charge in [0.1, 0.15) is 0 Å². The van der Waals surface area contributed by atoms with Gasteiger partial charge in [-0.3, -0.25) is 4.99 Å². The SMILES string of the molecule is C/C1=N\c2ccccc2Cc2ccccc2-c2cc(-c3ccc4cc(-c5c6ccccc6cc6c(-c7ccccc7)c7ccccc7cc56)ccc4c3)ccc21. The van der Waals surface area contributed by atoms with Crippen molar-refractivity contribution in [2.24, 2.45) is 4.99 Å². The number of nitrogens with zero attached hydrogens (tertiary/aromatic N) is 1. The van der Waals surface area contributed by atoms with Gasteiger partial charge in [-0.2, -0.15) is 0 Å². The van der Waals surface area contributed by atoms with Crippen molar-refractivity contribution in [1.29, 1.82) is 0 Å². The molecule has 1 nitrogen and oxygen atoms in total. The molecule has 262 valence electrons. The molecule has 56 heavy (non-hydrogen) atoms. The van der Waals surface area contributed by atoms with E-state index in [0.717, 1.165) is 17.8 Å². The van der Waals surface area contributed by atoms with E-state index in [9.17, 15) is 0 Å². The summed E-state index contributed by atoms with van der Waals surface area (Å²) < 4.78 is 0. The molecule has 0 aliphatic carbocycles. The topological polar surface area (TPSA) is 12.4 Å². The minimum Gasteiger partial charge on any atom is -0.253 e. The lowest BCUT2D eigenvalue weighted by molar-refractivity contribution is 1.19. The highest BCUT2D eigenvalue weighted by molar-refractivity contribution is 6.22. The lowest BCUT2D eigenvalue weighted by Gasteiger charge is -2.18. The van der Waals surface area contributed by atoms with E-state index in [2.05, 4.69) is 201 Å². The Morgan fingerprint density at radius 3 is 1.64 bits per heavy atom. The van der Waals surface area contributed by atoms with Crippen LogP contribution in [0.3, 0.4) is 0 Å². The molecule has 1 heterocycles. The van der Waals surface area contributed by atoms with Crippen LogP contribution in [0.2, 0.25) is 0 Å². The van der Waals surface area contributed by atoms with Crippen LogP contribution in [-0.2, 0) is 6.42 Å². The molecule has 0 N–H and O–H groups in total. The summed E-state index contributed by atoms with van der Waals surface area (Å²) in [6.07, 6.45) is 0.848. The van der Waals surface area contributed by atoms with Gasteiger partial charge in [0.05, 0.1) is 5.69 Å². The van der Waals surface area contributed by atoms with E-state index in [1.165, 1.54) is 104 Å². The second-order valence-corrected chi connectivity index (χ2v) is 15.1. The maximum Gasteiger partial charge on any atom is 0.0668 e. The number of para-hydroxylation sites is 1. The van der Waals surface area contributed by atoms with Crippen LogP contribution in [0, 0.1) is 0 Å². The Morgan fingerprint density at radius 1 is 0.339 bits per heavy atom. The molecule has 0 bridgehead atoms. The van der Waals surface area contributed by atoms with Crippen LogP contribution in [0.25, 0.3) is 87.6 Å². The van der Waals surface area contributed by atoms with Gasteiger partial charge < -0.3 is 0 Å². The third-order valence-electron chi connectivity index (χ3n) is 11.8. The first-order valence-corrected chi connectivity index (χ1v) is 19.5. The molecule has 10 aromatic carbocycles. The first-order chi connectivity index (χ1) is 27.7. The molecule has 0 saturated carbocycles. The molecule has 10 aromatic rings. The molecule has 0 spiro atoms. The summed E-state index contributed by atoms with van der Waals surface area (Å²) in [7, 11) is 0. The number of fused-ring (bicyclic) bond motifs is 8. The summed E-state index contributed by atoms with van der Waals surface area (Å²) in [6, 6.07) is 71.5. The lowest BCUT2D eigenvalue weighted by atomic mass is 9.85. The Morgan fingerprint density at radius 2 is 0.893 bits per heavy atom. The average molecular weight is 712 g/mol. The first kappa shape index (κ1) is 32.3. The fourth-order valence-corrected chi connectivity index (χ4v) is 9.09. The summed E-state index contributed by atoms with van der Waals surface area (Å²) in [5.74, 6) is 0. The van der Waals surface area contributed by atoms with Crippen molar-refractivity contribution in [2.45, 2.75) is 13.3 Å². The maximum atomic E-state index is 5.15. The summed E-state index contributed by atoms with van der Waals surface area (Å²) in [4.78, 5) is 5.15. The van der Waals surface area contributed by atoms with E-state index in [1.807, 2.05) is 0 Å². The second-order valence-electron chi connectivity index (χ2n) is 15.1. The molecule has 1 heteroatoms. The molecule has 0 aromatic heterocycles. The summed E-state index contributed by atoms with van der Waals surface area (Å²) in [5, 5.41) is 10.0. The van der Waals surface area contributed by atoms with Crippen LogP contribution in [0.4, 0.5) is 5.69 Å². The van der Waals surface area contributed by atoms with E-state index >= 15 is 0 Å². The minimum atomic E-state index is 0.848. The molecule has 1 aliphatic rings. The lowest BCUT2D eigenvalue weighted by Crippen LogP contribution is -1.99. The van der Waals surface area contributed by atoms with Crippen LogP contribution >= 0.6 is 0 Å². The Kier molecular flexibility index (Phi) is 7.53. The largest absolute Gasteiger partial charge is 0.253 e. The summed E-state index contributed by atoms with van der Waals surface area (Å²) >= 11 is 0. The van der Waals surface area contributed by atoms with E-state index in [1.54, 1.807) is 0 Å². The van der Waals surface area contributed by atoms with E-state index < -0.39 is 0 Å². The number of hydrogen-bond donors (Lipinski definition) is 0. The molecule has 1 aliphatic heterocycles. The van der Waals surface area contributed by atoms with Gasteiger partial charge in [-0.1, -0.05) is 158 Å². The van der Waals surface area contributed by atoms with Gasteiger partial charge in [-0.15, -0.1) is 0 Å². The van der Waals surface area contributed by atoms with Crippen molar-refractivity contribution in [3.8, 4) is 44.5 Å². The molecular weight excluding hydrogens is 675 g/mol. The van der Waals surface area contributed by atoms with Gasteiger partial charge in [0.25, 0.3) is 0 Å². The third-order valence-corrected chi connectivity index (χ3v) is 11.8. The Balaban J connectivity index is 1.06. The van der Waals surface area contributed by atoms with Gasteiger partial charge in [-0.25, -0.2) is 0 Å². The van der Waals surface area contributed by atoms with Gasteiger partial charge in [0, 0.05) is 17.7 Å². The zero-order valence-corrected chi connectivity index (χ0v) is 31.1. The van der Waals surface area contributed by atoms with Crippen molar-refractivity contribution in [3.63, 3.8) is 0 Å². The second kappa shape index (κ2) is 13.0. The van der Waals surface area contributed by atoms with Crippen LogP contribution in [0.1, 0.15) is 23.6 Å². The number of aliphatic imine (C=N–C) groups is 1. The molecular formula is C55H37N. The van der Waals surface area contributed by atoms with Crippen LogP contribution in [-0.4, -0.2) is 5.71 Å². The molecule has 11 rings (SSSR count).